The molecule has 28 heavy (non-hydrogen) atoms. The number of benzene rings is 1. The molecular formula is C20H28N6O2. The fourth-order valence-electron chi connectivity index (χ4n) is 3.54. The van der Waals surface area contributed by atoms with E-state index < -0.39 is 12.1 Å². The Morgan fingerprint density at radius 2 is 2.04 bits per heavy atom. The van der Waals surface area contributed by atoms with Gasteiger partial charge in [-0.25, -0.2) is 4.79 Å². The number of fused-ring (bicyclic) bond motifs is 1. The van der Waals surface area contributed by atoms with Crippen molar-refractivity contribution in [2.45, 2.75) is 58.5 Å². The molecule has 0 unspecified atom stereocenters. The summed E-state index contributed by atoms with van der Waals surface area (Å²) in [5, 5.41) is 14.1. The molecule has 150 valence electrons. The Labute approximate surface area is 164 Å². The first-order chi connectivity index (χ1) is 13.4. The first-order valence-electron chi connectivity index (χ1n) is 9.83. The van der Waals surface area contributed by atoms with Crippen molar-refractivity contribution in [2.24, 2.45) is 11.7 Å². The molecule has 0 saturated carbocycles. The molecule has 2 heterocycles. The minimum atomic E-state index is -0.708. The van der Waals surface area contributed by atoms with E-state index in [1.165, 1.54) is 6.42 Å². The van der Waals surface area contributed by atoms with Gasteiger partial charge in [-0.15, -0.1) is 10.2 Å². The maximum absolute atomic E-state index is 12.6. The maximum Gasteiger partial charge on any atom is 0.312 e. The molecule has 4 N–H and O–H groups in total. The fraction of sp³-hybridized carbons (Fsp3) is 0.500. The lowest BCUT2D eigenvalue weighted by molar-refractivity contribution is -0.118. The molecule has 0 aliphatic carbocycles. The van der Waals surface area contributed by atoms with Gasteiger partial charge in [-0.1, -0.05) is 32.4 Å². The first kappa shape index (κ1) is 19.9. The zero-order valence-corrected chi connectivity index (χ0v) is 16.4. The number of hydrogen-bond donors (Lipinski definition) is 3. The molecule has 1 aliphatic rings. The minimum Gasteiger partial charge on any atom is -0.352 e. The van der Waals surface area contributed by atoms with Gasteiger partial charge in [0.2, 0.25) is 5.91 Å². The molecule has 8 nitrogen and oxygen atoms in total. The summed E-state index contributed by atoms with van der Waals surface area (Å²) < 4.78 is 2.17. The van der Waals surface area contributed by atoms with E-state index >= 15 is 0 Å². The van der Waals surface area contributed by atoms with Crippen LogP contribution in [0.3, 0.4) is 0 Å². The molecule has 1 aromatic heterocycles. The van der Waals surface area contributed by atoms with E-state index in [0.717, 1.165) is 43.0 Å². The summed E-state index contributed by atoms with van der Waals surface area (Å²) in [5.74, 6) is 1.79. The van der Waals surface area contributed by atoms with Crippen LogP contribution in [0.5, 0.6) is 0 Å². The smallest absolute Gasteiger partial charge is 0.312 e. The third kappa shape index (κ3) is 4.88. The predicted octanol–water partition coefficient (Wildman–Crippen LogP) is 2.69. The normalized spacial score (nSPS) is 14.8. The molecule has 3 rings (SSSR count). The number of nitrogens with one attached hydrogen (secondary N) is 2. The monoisotopic (exact) mass is 384 g/mol. The number of rotatable bonds is 6. The number of amides is 3. The van der Waals surface area contributed by atoms with Gasteiger partial charge in [-0.05, 0) is 37.3 Å². The highest BCUT2D eigenvalue weighted by Gasteiger charge is 2.22. The van der Waals surface area contributed by atoms with Crippen LogP contribution in [0, 0.1) is 5.92 Å². The van der Waals surface area contributed by atoms with Crippen LogP contribution in [0.1, 0.15) is 45.4 Å². The Kier molecular flexibility index (Phi) is 6.28. The number of aromatic nitrogens is 3. The van der Waals surface area contributed by atoms with Crippen molar-refractivity contribution in [3.8, 4) is 11.4 Å². The minimum absolute atomic E-state index is 0.236. The average Bonchev–Trinajstić information content (AvgIpc) is 2.89. The summed E-state index contributed by atoms with van der Waals surface area (Å²) in [6, 6.07) is 6.16. The molecule has 0 fully saturated rings. The van der Waals surface area contributed by atoms with Gasteiger partial charge in [0.1, 0.15) is 11.9 Å². The number of nitrogens with zero attached hydrogens (tertiary/aromatic N) is 3. The average molecular weight is 384 g/mol. The molecule has 0 spiro atoms. The fourth-order valence-corrected chi connectivity index (χ4v) is 3.54. The van der Waals surface area contributed by atoms with Crippen LogP contribution in [0.15, 0.2) is 24.3 Å². The van der Waals surface area contributed by atoms with Gasteiger partial charge in [-0.3, -0.25) is 4.79 Å². The van der Waals surface area contributed by atoms with E-state index in [2.05, 4.69) is 25.4 Å². The molecule has 2 aromatic rings. The van der Waals surface area contributed by atoms with E-state index in [-0.39, 0.29) is 11.8 Å². The molecule has 0 bridgehead atoms. The van der Waals surface area contributed by atoms with E-state index in [1.54, 1.807) is 0 Å². The van der Waals surface area contributed by atoms with Crippen molar-refractivity contribution in [2.75, 3.05) is 5.32 Å². The van der Waals surface area contributed by atoms with E-state index in [9.17, 15) is 9.59 Å². The highest BCUT2D eigenvalue weighted by Crippen LogP contribution is 2.25. The quantitative estimate of drug-likeness (QED) is 0.710. The first-order valence-corrected chi connectivity index (χ1v) is 9.83. The summed E-state index contributed by atoms with van der Waals surface area (Å²) in [5.41, 5.74) is 6.77. The summed E-state index contributed by atoms with van der Waals surface area (Å²) >= 11 is 0. The molecular weight excluding hydrogens is 356 g/mol. The van der Waals surface area contributed by atoms with Crippen LogP contribution >= 0.6 is 0 Å². The summed E-state index contributed by atoms with van der Waals surface area (Å²) in [4.78, 5) is 23.9. The number of aryl methyl sites for hydroxylation is 1. The molecule has 1 aromatic carbocycles. The topological polar surface area (TPSA) is 115 Å². The van der Waals surface area contributed by atoms with Crippen molar-refractivity contribution >= 4 is 17.6 Å². The van der Waals surface area contributed by atoms with Crippen LogP contribution in [0.4, 0.5) is 10.5 Å². The summed E-state index contributed by atoms with van der Waals surface area (Å²) in [7, 11) is 0. The SMILES string of the molecule is CC(C)C[C@H](NC(N)=O)C(=O)Nc1cccc(-c2nnc3n2CCCCC3)c1. The lowest BCUT2D eigenvalue weighted by Crippen LogP contribution is -2.46. The van der Waals surface area contributed by atoms with Gasteiger partial charge in [-0.2, -0.15) is 0 Å². The number of carbonyl (C=O) groups is 2. The number of primary amides is 1. The van der Waals surface area contributed by atoms with Crippen molar-refractivity contribution in [3.63, 3.8) is 0 Å². The van der Waals surface area contributed by atoms with Crippen molar-refractivity contribution in [1.82, 2.24) is 20.1 Å². The third-order valence-corrected chi connectivity index (χ3v) is 4.84. The second-order valence-electron chi connectivity index (χ2n) is 7.66. The number of carbonyl (C=O) groups excluding carboxylic acids is 2. The number of nitrogens with two attached hydrogens (primary N) is 1. The molecule has 1 atom stereocenters. The summed E-state index contributed by atoms with van der Waals surface area (Å²) in [6.07, 6.45) is 4.90. The maximum atomic E-state index is 12.6. The van der Waals surface area contributed by atoms with Gasteiger partial charge in [0.15, 0.2) is 5.82 Å². The Morgan fingerprint density at radius 3 is 2.79 bits per heavy atom. The molecule has 0 radical (unpaired) electrons. The van der Waals surface area contributed by atoms with Crippen LogP contribution in [0.2, 0.25) is 0 Å². The Hall–Kier alpha value is -2.90. The Morgan fingerprint density at radius 1 is 1.21 bits per heavy atom. The predicted molar refractivity (Wildman–Crippen MR) is 108 cm³/mol. The van der Waals surface area contributed by atoms with Crippen LogP contribution < -0.4 is 16.4 Å². The van der Waals surface area contributed by atoms with Gasteiger partial charge in [0.25, 0.3) is 0 Å². The lowest BCUT2D eigenvalue weighted by Gasteiger charge is -2.19. The van der Waals surface area contributed by atoms with E-state index in [4.69, 9.17) is 5.73 Å². The molecule has 3 amide bonds. The Balaban J connectivity index is 1.79. The molecule has 8 heteroatoms. The number of anilines is 1. The zero-order valence-electron chi connectivity index (χ0n) is 16.4. The van der Waals surface area contributed by atoms with E-state index in [0.29, 0.717) is 12.1 Å². The third-order valence-electron chi connectivity index (χ3n) is 4.84. The van der Waals surface area contributed by atoms with Crippen molar-refractivity contribution in [3.05, 3.63) is 30.1 Å². The van der Waals surface area contributed by atoms with Crippen LogP contribution in [-0.2, 0) is 17.8 Å². The van der Waals surface area contributed by atoms with Gasteiger partial charge < -0.3 is 20.9 Å². The number of hydrogen-bond acceptors (Lipinski definition) is 4. The van der Waals surface area contributed by atoms with Crippen LogP contribution in [0.25, 0.3) is 11.4 Å². The molecule has 0 saturated heterocycles. The summed E-state index contributed by atoms with van der Waals surface area (Å²) in [6.45, 7) is 4.88. The second-order valence-corrected chi connectivity index (χ2v) is 7.66. The van der Waals surface area contributed by atoms with E-state index in [1.807, 2.05) is 38.1 Å². The van der Waals surface area contributed by atoms with Gasteiger partial charge in [0, 0.05) is 24.2 Å². The van der Waals surface area contributed by atoms with Gasteiger partial charge in [0.05, 0.1) is 0 Å². The highest BCUT2D eigenvalue weighted by atomic mass is 16.2. The van der Waals surface area contributed by atoms with Crippen molar-refractivity contribution < 1.29 is 9.59 Å². The highest BCUT2D eigenvalue weighted by molar-refractivity contribution is 5.97. The zero-order chi connectivity index (χ0) is 20.1. The Bertz CT molecular complexity index is 845. The van der Waals surface area contributed by atoms with Crippen LogP contribution in [-0.4, -0.2) is 32.7 Å². The number of urea groups is 1. The second kappa shape index (κ2) is 8.86. The largest absolute Gasteiger partial charge is 0.352 e. The lowest BCUT2D eigenvalue weighted by atomic mass is 10.0. The molecule has 1 aliphatic heterocycles. The van der Waals surface area contributed by atoms with Gasteiger partial charge >= 0.3 is 6.03 Å². The standard InChI is InChI=1S/C20H28N6O2/c1-13(2)11-16(23-20(21)28)19(27)22-15-8-6-7-14(12-15)18-25-24-17-9-4-3-5-10-26(17)18/h6-8,12-13,16H,3-5,9-11H2,1-2H3,(H,22,27)(H3,21,23,28)/t16-/m0/s1. The van der Waals surface area contributed by atoms with Crippen molar-refractivity contribution in [1.29, 1.82) is 0 Å².